The van der Waals surface area contributed by atoms with Crippen LogP contribution in [0.1, 0.15) is 31.5 Å². The maximum absolute atomic E-state index is 13.0. The molecular formula is C18H24N4O. The smallest absolute Gasteiger partial charge is 0.244 e. The van der Waals surface area contributed by atoms with E-state index in [1.54, 1.807) is 6.20 Å². The summed E-state index contributed by atoms with van der Waals surface area (Å²) in [6.07, 6.45) is 3.80. The van der Waals surface area contributed by atoms with Crippen LogP contribution in [0.5, 0.6) is 0 Å². The molecule has 1 fully saturated rings. The highest BCUT2D eigenvalue weighted by Gasteiger charge is 2.39. The van der Waals surface area contributed by atoms with Crippen molar-refractivity contribution in [2.75, 3.05) is 26.2 Å². The normalized spacial score (nSPS) is 16.8. The monoisotopic (exact) mass is 312 g/mol. The van der Waals surface area contributed by atoms with E-state index in [2.05, 4.69) is 10.00 Å². The van der Waals surface area contributed by atoms with Gasteiger partial charge in [-0.2, -0.15) is 5.10 Å². The van der Waals surface area contributed by atoms with Crippen LogP contribution in [0.3, 0.4) is 0 Å². The van der Waals surface area contributed by atoms with Crippen molar-refractivity contribution in [1.82, 2.24) is 19.6 Å². The molecule has 23 heavy (non-hydrogen) atoms. The van der Waals surface area contributed by atoms with Gasteiger partial charge < -0.3 is 4.90 Å². The van der Waals surface area contributed by atoms with Crippen LogP contribution in [-0.4, -0.2) is 51.7 Å². The number of aromatic nitrogens is 2. The van der Waals surface area contributed by atoms with Crippen molar-refractivity contribution in [1.29, 1.82) is 0 Å². The molecule has 1 aliphatic rings. The molecule has 3 rings (SSSR count). The summed E-state index contributed by atoms with van der Waals surface area (Å²) in [5.74, 6) is 0.195. The van der Waals surface area contributed by atoms with Gasteiger partial charge in [0.1, 0.15) is 6.04 Å². The molecule has 0 radical (unpaired) electrons. The number of amides is 1. The lowest BCUT2D eigenvalue weighted by Gasteiger charge is -2.44. The predicted octanol–water partition coefficient (Wildman–Crippen LogP) is 2.35. The van der Waals surface area contributed by atoms with E-state index in [9.17, 15) is 4.79 Å². The Morgan fingerprint density at radius 2 is 1.91 bits per heavy atom. The van der Waals surface area contributed by atoms with Crippen LogP contribution in [0.4, 0.5) is 0 Å². The van der Waals surface area contributed by atoms with Crippen molar-refractivity contribution in [3.63, 3.8) is 0 Å². The van der Waals surface area contributed by atoms with Gasteiger partial charge in [-0.3, -0.25) is 14.4 Å². The van der Waals surface area contributed by atoms with Crippen LogP contribution >= 0.6 is 0 Å². The summed E-state index contributed by atoms with van der Waals surface area (Å²) >= 11 is 0. The summed E-state index contributed by atoms with van der Waals surface area (Å²) in [7, 11) is 0. The molecular weight excluding hydrogens is 288 g/mol. The molecule has 1 unspecified atom stereocenters. The average molecular weight is 312 g/mol. The minimum atomic E-state index is -0.192. The zero-order valence-electron chi connectivity index (χ0n) is 13.8. The largest absolute Gasteiger partial charge is 0.342 e. The number of rotatable bonds is 6. The number of carbonyl (C=O) groups is 1. The predicted molar refractivity (Wildman–Crippen MR) is 89.9 cm³/mol. The molecule has 1 amide bonds. The Labute approximate surface area is 137 Å². The molecule has 1 aromatic heterocycles. The van der Waals surface area contributed by atoms with Crippen LogP contribution in [0, 0.1) is 0 Å². The van der Waals surface area contributed by atoms with Crippen molar-refractivity contribution in [3.8, 4) is 0 Å². The van der Waals surface area contributed by atoms with E-state index in [1.165, 1.54) is 0 Å². The Balaban J connectivity index is 1.78. The van der Waals surface area contributed by atoms with E-state index in [4.69, 9.17) is 0 Å². The van der Waals surface area contributed by atoms with Gasteiger partial charge >= 0.3 is 0 Å². The molecule has 0 aliphatic carbocycles. The third-order valence-corrected chi connectivity index (χ3v) is 4.58. The molecule has 0 bridgehead atoms. The van der Waals surface area contributed by atoms with Crippen molar-refractivity contribution < 1.29 is 4.79 Å². The van der Waals surface area contributed by atoms with Gasteiger partial charge in [0, 0.05) is 38.6 Å². The summed E-state index contributed by atoms with van der Waals surface area (Å²) < 4.78 is 1.99. The highest BCUT2D eigenvalue weighted by atomic mass is 16.2. The highest BCUT2D eigenvalue weighted by molar-refractivity contribution is 5.83. The van der Waals surface area contributed by atoms with Crippen molar-refractivity contribution in [2.24, 2.45) is 0 Å². The van der Waals surface area contributed by atoms with Gasteiger partial charge in [0.2, 0.25) is 5.91 Å². The fourth-order valence-electron chi connectivity index (χ4n) is 3.22. The first-order chi connectivity index (χ1) is 11.2. The zero-order chi connectivity index (χ0) is 16.2. The summed E-state index contributed by atoms with van der Waals surface area (Å²) in [5.41, 5.74) is 1.07. The van der Waals surface area contributed by atoms with E-state index in [0.29, 0.717) is 6.04 Å². The van der Waals surface area contributed by atoms with E-state index < -0.39 is 0 Å². The van der Waals surface area contributed by atoms with Gasteiger partial charge in [0.15, 0.2) is 0 Å². The second kappa shape index (κ2) is 6.96. The standard InChI is InChI=1S/C18H24N4O/c1-3-20(4-2)18(23)17(15-9-6-5-7-10-15)21-13-16(14-21)22-12-8-11-19-22/h5-12,16-17H,3-4,13-14H2,1-2H3. The molecule has 1 saturated heterocycles. The van der Waals surface area contributed by atoms with Gasteiger partial charge in [-0.25, -0.2) is 0 Å². The molecule has 5 heteroatoms. The number of likely N-dealkylation sites (N-methyl/N-ethyl adjacent to an activating group) is 1. The first-order valence-corrected chi connectivity index (χ1v) is 8.31. The number of hydrogen-bond acceptors (Lipinski definition) is 3. The summed E-state index contributed by atoms with van der Waals surface area (Å²) in [4.78, 5) is 17.2. The lowest BCUT2D eigenvalue weighted by Crippen LogP contribution is -2.53. The topological polar surface area (TPSA) is 41.4 Å². The van der Waals surface area contributed by atoms with Crippen LogP contribution in [0.15, 0.2) is 48.8 Å². The summed E-state index contributed by atoms with van der Waals surface area (Å²) in [5, 5.41) is 4.31. The highest BCUT2D eigenvalue weighted by Crippen LogP contribution is 2.32. The van der Waals surface area contributed by atoms with Crippen LogP contribution < -0.4 is 0 Å². The fourth-order valence-corrected chi connectivity index (χ4v) is 3.22. The maximum Gasteiger partial charge on any atom is 0.244 e. The number of likely N-dealkylation sites (tertiary alicyclic amines) is 1. The van der Waals surface area contributed by atoms with Crippen LogP contribution in [0.25, 0.3) is 0 Å². The first kappa shape index (κ1) is 15.7. The number of hydrogen-bond donors (Lipinski definition) is 0. The van der Waals surface area contributed by atoms with Gasteiger partial charge in [-0.05, 0) is 25.5 Å². The van der Waals surface area contributed by atoms with Gasteiger partial charge in [-0.1, -0.05) is 30.3 Å². The number of nitrogens with zero attached hydrogens (tertiary/aromatic N) is 4. The Kier molecular flexibility index (Phi) is 4.76. The molecule has 2 aromatic rings. The minimum Gasteiger partial charge on any atom is -0.342 e. The summed E-state index contributed by atoms with van der Waals surface area (Å²) in [6, 6.07) is 12.2. The Morgan fingerprint density at radius 1 is 1.22 bits per heavy atom. The quantitative estimate of drug-likeness (QED) is 0.822. The van der Waals surface area contributed by atoms with Gasteiger partial charge in [-0.15, -0.1) is 0 Å². The van der Waals surface area contributed by atoms with Crippen molar-refractivity contribution in [2.45, 2.75) is 25.9 Å². The zero-order valence-corrected chi connectivity index (χ0v) is 13.8. The Bertz CT molecular complexity index is 616. The SMILES string of the molecule is CCN(CC)C(=O)C(c1ccccc1)N1CC(n2cccn2)C1. The van der Waals surface area contributed by atoms with Crippen molar-refractivity contribution >= 4 is 5.91 Å². The molecule has 0 N–H and O–H groups in total. The van der Waals surface area contributed by atoms with Crippen LogP contribution in [-0.2, 0) is 4.79 Å². The molecule has 1 atom stereocenters. The molecule has 0 saturated carbocycles. The maximum atomic E-state index is 13.0. The lowest BCUT2D eigenvalue weighted by molar-refractivity contribution is -0.139. The third-order valence-electron chi connectivity index (χ3n) is 4.58. The van der Waals surface area contributed by atoms with Crippen molar-refractivity contribution in [3.05, 3.63) is 54.4 Å². The Hall–Kier alpha value is -2.14. The van der Waals surface area contributed by atoms with Gasteiger partial charge in [0.05, 0.1) is 6.04 Å². The average Bonchev–Trinajstić information content (AvgIpc) is 3.06. The van der Waals surface area contributed by atoms with Gasteiger partial charge in [0.25, 0.3) is 0 Å². The fraction of sp³-hybridized carbons (Fsp3) is 0.444. The number of benzene rings is 1. The first-order valence-electron chi connectivity index (χ1n) is 8.31. The Morgan fingerprint density at radius 3 is 2.48 bits per heavy atom. The van der Waals surface area contributed by atoms with Crippen LogP contribution in [0.2, 0.25) is 0 Å². The molecule has 0 spiro atoms. The van der Waals surface area contributed by atoms with E-state index in [0.717, 1.165) is 31.7 Å². The summed E-state index contributed by atoms with van der Waals surface area (Å²) in [6.45, 7) is 7.27. The second-order valence-electron chi connectivity index (χ2n) is 5.92. The molecule has 1 aliphatic heterocycles. The molecule has 122 valence electrons. The second-order valence-corrected chi connectivity index (χ2v) is 5.92. The van der Waals surface area contributed by atoms with E-state index >= 15 is 0 Å². The molecule has 5 nitrogen and oxygen atoms in total. The lowest BCUT2D eigenvalue weighted by atomic mass is 9.98. The van der Waals surface area contributed by atoms with E-state index in [-0.39, 0.29) is 11.9 Å². The third kappa shape index (κ3) is 3.15. The van der Waals surface area contributed by atoms with E-state index in [1.807, 2.05) is 66.0 Å². The molecule has 1 aromatic carbocycles. The minimum absolute atomic E-state index is 0.192. The molecule has 2 heterocycles. The number of carbonyl (C=O) groups excluding carboxylic acids is 1.